The zero-order valence-electron chi connectivity index (χ0n) is 12.6. The number of benzene rings is 2. The second-order valence-electron chi connectivity index (χ2n) is 4.90. The summed E-state index contributed by atoms with van der Waals surface area (Å²) in [4.78, 5) is 15.8. The van der Waals surface area contributed by atoms with Gasteiger partial charge in [-0.1, -0.05) is 23.2 Å². The van der Waals surface area contributed by atoms with Crippen molar-refractivity contribution in [2.45, 2.75) is 0 Å². The fraction of sp³-hybridized carbons (Fsp3) is 0.0588. The maximum atomic E-state index is 13.3. The molecule has 0 saturated heterocycles. The van der Waals surface area contributed by atoms with Crippen LogP contribution in [0, 0.1) is 12.2 Å². The first-order chi connectivity index (χ1) is 12.0. The number of anilines is 1. The van der Waals surface area contributed by atoms with E-state index in [1.54, 1.807) is 24.3 Å². The molecule has 2 aromatic carbocycles. The largest absolute Gasteiger partial charge is 0.484 e. The van der Waals surface area contributed by atoms with Crippen LogP contribution in [-0.4, -0.2) is 17.5 Å². The first-order valence-corrected chi connectivity index (χ1v) is 7.79. The molecule has 1 amide bonds. The van der Waals surface area contributed by atoms with Gasteiger partial charge in [-0.2, -0.15) is 4.98 Å². The highest BCUT2D eigenvalue weighted by molar-refractivity contribution is 6.31. The predicted octanol–water partition coefficient (Wildman–Crippen LogP) is 4.61. The summed E-state index contributed by atoms with van der Waals surface area (Å²) in [6.07, 6.45) is 2.33. The third-order valence-corrected chi connectivity index (χ3v) is 3.70. The Morgan fingerprint density at radius 1 is 1.24 bits per heavy atom. The van der Waals surface area contributed by atoms with Crippen molar-refractivity contribution in [1.82, 2.24) is 4.98 Å². The van der Waals surface area contributed by atoms with Crippen LogP contribution in [0.3, 0.4) is 0 Å². The molecule has 127 valence electrons. The van der Waals surface area contributed by atoms with E-state index in [4.69, 9.17) is 32.4 Å². The van der Waals surface area contributed by atoms with Crippen LogP contribution in [0.4, 0.5) is 10.2 Å². The zero-order chi connectivity index (χ0) is 17.8. The van der Waals surface area contributed by atoms with E-state index in [1.165, 1.54) is 12.1 Å². The quantitative estimate of drug-likeness (QED) is 0.703. The molecule has 25 heavy (non-hydrogen) atoms. The van der Waals surface area contributed by atoms with Crippen LogP contribution in [-0.2, 0) is 4.79 Å². The van der Waals surface area contributed by atoms with Crippen molar-refractivity contribution in [2.75, 3.05) is 11.9 Å². The summed E-state index contributed by atoms with van der Waals surface area (Å²) in [5.74, 6) is -0.411. The number of hydrogen-bond acceptors (Lipinski definition) is 4. The lowest BCUT2D eigenvalue weighted by atomic mass is 10.2. The second kappa shape index (κ2) is 7.55. The standard InChI is InChI=1S/C17H10Cl2FN2O3/c18-11-3-1-10(2-4-11)16-17(21-9-25-16)22-15(23)8-24-12-5-6-13(19)14(20)7-12/h1-7H,8H2,(H,22,23). The lowest BCUT2D eigenvalue weighted by Gasteiger charge is -2.07. The third kappa shape index (κ3) is 4.29. The maximum absolute atomic E-state index is 13.3. The highest BCUT2D eigenvalue weighted by atomic mass is 35.5. The van der Waals surface area contributed by atoms with Crippen molar-refractivity contribution >= 4 is 34.9 Å². The Labute approximate surface area is 152 Å². The number of rotatable bonds is 5. The topological polar surface area (TPSA) is 64.4 Å². The van der Waals surface area contributed by atoms with Crippen molar-refractivity contribution in [1.29, 1.82) is 0 Å². The number of oxazole rings is 1. The monoisotopic (exact) mass is 379 g/mol. The zero-order valence-corrected chi connectivity index (χ0v) is 14.1. The Morgan fingerprint density at radius 2 is 2.00 bits per heavy atom. The van der Waals surface area contributed by atoms with Gasteiger partial charge in [0.15, 0.2) is 18.2 Å². The van der Waals surface area contributed by atoms with Crippen molar-refractivity contribution in [2.24, 2.45) is 0 Å². The molecule has 0 aliphatic rings. The van der Waals surface area contributed by atoms with E-state index in [0.717, 1.165) is 6.07 Å². The summed E-state index contributed by atoms with van der Waals surface area (Å²) in [7, 11) is 0. The molecular formula is C17H10Cl2FN2O3. The summed E-state index contributed by atoms with van der Waals surface area (Å²) >= 11 is 11.4. The number of halogens is 3. The van der Waals surface area contributed by atoms with Crippen LogP contribution in [0.5, 0.6) is 5.75 Å². The molecule has 0 atom stereocenters. The van der Waals surface area contributed by atoms with E-state index in [1.807, 2.05) is 0 Å². The van der Waals surface area contributed by atoms with E-state index >= 15 is 0 Å². The molecule has 0 spiro atoms. The minimum atomic E-state index is -0.629. The van der Waals surface area contributed by atoms with Gasteiger partial charge in [-0.15, -0.1) is 0 Å². The number of aromatic nitrogens is 1. The summed E-state index contributed by atoms with van der Waals surface area (Å²) in [6, 6.07) is 10.7. The van der Waals surface area contributed by atoms with Gasteiger partial charge >= 0.3 is 0 Å². The number of carbonyl (C=O) groups excluding carboxylic acids is 1. The minimum absolute atomic E-state index is 0.0254. The molecular weight excluding hydrogens is 370 g/mol. The number of nitrogens with one attached hydrogen (secondary N) is 1. The van der Waals surface area contributed by atoms with Crippen LogP contribution in [0.25, 0.3) is 11.3 Å². The van der Waals surface area contributed by atoms with Crippen LogP contribution in [0.2, 0.25) is 10.0 Å². The lowest BCUT2D eigenvalue weighted by Crippen LogP contribution is -2.20. The SMILES string of the molecule is O=C(COc1ccc(Cl)c(F)c1)Nc1n[c]oc1-c1ccc(Cl)cc1. The van der Waals surface area contributed by atoms with E-state index in [9.17, 15) is 9.18 Å². The van der Waals surface area contributed by atoms with Crippen molar-refractivity contribution in [3.8, 4) is 17.1 Å². The van der Waals surface area contributed by atoms with Crippen molar-refractivity contribution in [3.05, 3.63) is 64.7 Å². The number of carbonyl (C=O) groups is 1. The van der Waals surface area contributed by atoms with Gasteiger partial charge in [-0.05, 0) is 36.4 Å². The maximum Gasteiger partial charge on any atom is 0.286 e. The first-order valence-electron chi connectivity index (χ1n) is 7.03. The highest BCUT2D eigenvalue weighted by Gasteiger charge is 2.14. The van der Waals surface area contributed by atoms with Gasteiger partial charge < -0.3 is 14.5 Å². The molecule has 0 unspecified atom stereocenters. The average Bonchev–Trinajstić information content (AvgIpc) is 3.05. The fourth-order valence-corrected chi connectivity index (χ4v) is 2.22. The van der Waals surface area contributed by atoms with E-state index in [-0.39, 0.29) is 23.2 Å². The van der Waals surface area contributed by atoms with Crippen LogP contribution < -0.4 is 10.1 Å². The van der Waals surface area contributed by atoms with Crippen molar-refractivity contribution < 1.29 is 18.3 Å². The molecule has 8 heteroatoms. The number of nitrogens with zero attached hydrogens (tertiary/aromatic N) is 1. The molecule has 1 aromatic heterocycles. The predicted molar refractivity (Wildman–Crippen MR) is 91.3 cm³/mol. The molecule has 0 aliphatic heterocycles. The Hall–Kier alpha value is -2.57. The van der Waals surface area contributed by atoms with Gasteiger partial charge in [0.1, 0.15) is 11.6 Å². The second-order valence-corrected chi connectivity index (χ2v) is 5.75. The third-order valence-electron chi connectivity index (χ3n) is 3.15. The number of ether oxygens (including phenoxy) is 1. The molecule has 0 aliphatic carbocycles. The molecule has 0 saturated carbocycles. The van der Waals surface area contributed by atoms with Gasteiger partial charge in [-0.3, -0.25) is 4.79 Å². The van der Waals surface area contributed by atoms with E-state index in [0.29, 0.717) is 16.3 Å². The van der Waals surface area contributed by atoms with Gasteiger partial charge in [-0.25, -0.2) is 4.39 Å². The molecule has 5 nitrogen and oxygen atoms in total. The molecule has 3 aromatic rings. The summed E-state index contributed by atoms with van der Waals surface area (Å²) in [5.41, 5.74) is 0.675. The normalized spacial score (nSPS) is 10.5. The highest BCUT2D eigenvalue weighted by Crippen LogP contribution is 2.27. The van der Waals surface area contributed by atoms with Gasteiger partial charge in [0.2, 0.25) is 0 Å². The van der Waals surface area contributed by atoms with E-state index < -0.39 is 11.7 Å². The summed E-state index contributed by atoms with van der Waals surface area (Å²) in [6.45, 7) is -0.339. The van der Waals surface area contributed by atoms with Crippen LogP contribution >= 0.6 is 23.2 Å². The molecule has 0 bridgehead atoms. The van der Waals surface area contributed by atoms with Gasteiger partial charge in [0.25, 0.3) is 12.3 Å². The number of amides is 1. The molecule has 3 rings (SSSR count). The van der Waals surface area contributed by atoms with Crippen LogP contribution in [0.1, 0.15) is 0 Å². The Morgan fingerprint density at radius 3 is 2.72 bits per heavy atom. The fourth-order valence-electron chi connectivity index (χ4n) is 1.98. The molecule has 1 N–H and O–H groups in total. The number of hydrogen-bond donors (Lipinski definition) is 1. The van der Waals surface area contributed by atoms with Gasteiger partial charge in [0.05, 0.1) is 5.02 Å². The van der Waals surface area contributed by atoms with Crippen LogP contribution in [0.15, 0.2) is 46.9 Å². The lowest BCUT2D eigenvalue weighted by molar-refractivity contribution is -0.118. The molecule has 1 heterocycles. The van der Waals surface area contributed by atoms with Gasteiger partial charge in [0, 0.05) is 16.7 Å². The average molecular weight is 380 g/mol. The Bertz CT molecular complexity index is 897. The Kier molecular flexibility index (Phi) is 5.21. The summed E-state index contributed by atoms with van der Waals surface area (Å²) < 4.78 is 23.7. The first kappa shape index (κ1) is 17.3. The minimum Gasteiger partial charge on any atom is -0.484 e. The smallest absolute Gasteiger partial charge is 0.286 e. The summed E-state index contributed by atoms with van der Waals surface area (Å²) in [5, 5.41) is 3.09. The molecule has 0 fully saturated rings. The Balaban J connectivity index is 1.64. The molecule has 1 radical (unpaired) electrons. The van der Waals surface area contributed by atoms with E-state index in [2.05, 4.69) is 16.7 Å². The van der Waals surface area contributed by atoms with Crippen molar-refractivity contribution in [3.63, 3.8) is 0 Å².